The number of carbonyl (C=O) groups excluding carboxylic acids is 1. The van der Waals surface area contributed by atoms with E-state index in [1.165, 1.54) is 4.31 Å². The van der Waals surface area contributed by atoms with Gasteiger partial charge in [0.2, 0.25) is 10.0 Å². The molecule has 1 spiro atoms. The van der Waals surface area contributed by atoms with Crippen molar-refractivity contribution < 1.29 is 22.7 Å². The predicted molar refractivity (Wildman–Crippen MR) is 118 cm³/mol. The Hall–Kier alpha value is -1.68. The molecule has 0 atom stereocenters. The Labute approximate surface area is 185 Å². The fourth-order valence-corrected chi connectivity index (χ4v) is 6.28. The lowest BCUT2D eigenvalue weighted by Gasteiger charge is -2.38. The summed E-state index contributed by atoms with van der Waals surface area (Å²) in [5.41, 5.74) is 1.30. The topological polar surface area (TPSA) is 79.4 Å². The standard InChI is InChI=1S/C22H33N3O5S/c1-3-25(4-2)31(27,28)18-7-8-20(23-11-5-6-12-23)19(17-18)21(26)24-13-9-22(10-14-24)29-15-16-30-22/h7-8,17H,3-6,9-16H2,1-2H3. The highest BCUT2D eigenvalue weighted by Gasteiger charge is 2.41. The molecule has 1 aromatic carbocycles. The van der Waals surface area contributed by atoms with Crippen LogP contribution in [0, 0.1) is 0 Å². The van der Waals surface area contributed by atoms with Crippen LogP contribution < -0.4 is 4.90 Å². The van der Waals surface area contributed by atoms with E-state index in [2.05, 4.69) is 4.90 Å². The van der Waals surface area contributed by atoms with Crippen LogP contribution in [-0.4, -0.2) is 81.8 Å². The number of benzene rings is 1. The minimum absolute atomic E-state index is 0.119. The zero-order valence-electron chi connectivity index (χ0n) is 18.5. The van der Waals surface area contributed by atoms with Crippen LogP contribution in [0.15, 0.2) is 23.1 Å². The maximum Gasteiger partial charge on any atom is 0.256 e. The molecule has 3 fully saturated rings. The summed E-state index contributed by atoms with van der Waals surface area (Å²) >= 11 is 0. The predicted octanol–water partition coefficient (Wildman–Crippen LogP) is 2.30. The molecule has 31 heavy (non-hydrogen) atoms. The molecule has 3 aliphatic rings. The highest BCUT2D eigenvalue weighted by molar-refractivity contribution is 7.89. The quantitative estimate of drug-likeness (QED) is 0.660. The molecule has 3 heterocycles. The van der Waals surface area contributed by atoms with Crippen LogP contribution in [0.4, 0.5) is 5.69 Å². The molecule has 8 nitrogen and oxygen atoms in total. The summed E-state index contributed by atoms with van der Waals surface area (Å²) in [4.78, 5) is 17.8. The molecule has 0 N–H and O–H groups in total. The first-order chi connectivity index (χ1) is 14.9. The van der Waals surface area contributed by atoms with E-state index in [4.69, 9.17) is 9.47 Å². The van der Waals surface area contributed by atoms with Crippen LogP contribution >= 0.6 is 0 Å². The zero-order valence-corrected chi connectivity index (χ0v) is 19.3. The van der Waals surface area contributed by atoms with Crippen molar-refractivity contribution in [3.63, 3.8) is 0 Å². The molecule has 0 radical (unpaired) electrons. The Morgan fingerprint density at radius 2 is 1.65 bits per heavy atom. The Bertz CT molecular complexity index is 894. The Kier molecular flexibility index (Phi) is 6.57. The second kappa shape index (κ2) is 9.05. The summed E-state index contributed by atoms with van der Waals surface area (Å²) in [6.07, 6.45) is 3.42. The van der Waals surface area contributed by atoms with Gasteiger partial charge in [-0.1, -0.05) is 13.8 Å². The number of piperidine rings is 1. The lowest BCUT2D eigenvalue weighted by Crippen LogP contribution is -2.47. The number of likely N-dealkylation sites (tertiary alicyclic amines) is 1. The number of amides is 1. The molecule has 4 rings (SSSR count). The largest absolute Gasteiger partial charge is 0.371 e. The summed E-state index contributed by atoms with van der Waals surface area (Å²) < 4.78 is 39.2. The van der Waals surface area contributed by atoms with Gasteiger partial charge in [-0.2, -0.15) is 4.31 Å². The molecule has 0 unspecified atom stereocenters. The number of anilines is 1. The summed E-state index contributed by atoms with van der Waals surface area (Å²) in [6, 6.07) is 5.03. The molecule has 172 valence electrons. The van der Waals surface area contributed by atoms with Crippen molar-refractivity contribution in [1.82, 2.24) is 9.21 Å². The minimum atomic E-state index is -3.64. The maximum absolute atomic E-state index is 13.6. The Balaban J connectivity index is 1.64. The van der Waals surface area contributed by atoms with Crippen molar-refractivity contribution in [3.8, 4) is 0 Å². The Morgan fingerprint density at radius 3 is 2.23 bits per heavy atom. The first-order valence-corrected chi connectivity index (χ1v) is 12.8. The number of hydrogen-bond donors (Lipinski definition) is 0. The van der Waals surface area contributed by atoms with Crippen LogP contribution in [0.1, 0.15) is 49.9 Å². The SMILES string of the molecule is CCN(CC)S(=O)(=O)c1ccc(N2CCCC2)c(C(=O)N2CCC3(CC2)OCCO3)c1. The van der Waals surface area contributed by atoms with Crippen LogP contribution in [0.3, 0.4) is 0 Å². The highest BCUT2D eigenvalue weighted by atomic mass is 32.2. The molecular formula is C22H33N3O5S. The fraction of sp³-hybridized carbons (Fsp3) is 0.682. The van der Waals surface area contributed by atoms with E-state index in [1.54, 1.807) is 17.0 Å². The summed E-state index contributed by atoms with van der Waals surface area (Å²) in [5, 5.41) is 0. The lowest BCUT2D eigenvalue weighted by molar-refractivity contribution is -0.181. The number of carbonyl (C=O) groups is 1. The molecule has 1 amide bonds. The molecule has 3 saturated heterocycles. The van der Waals surface area contributed by atoms with Gasteiger partial charge >= 0.3 is 0 Å². The van der Waals surface area contributed by atoms with E-state index < -0.39 is 15.8 Å². The second-order valence-electron chi connectivity index (χ2n) is 8.36. The van der Waals surface area contributed by atoms with Crippen LogP contribution in [-0.2, 0) is 19.5 Å². The number of hydrogen-bond acceptors (Lipinski definition) is 6. The number of ether oxygens (including phenoxy) is 2. The van der Waals surface area contributed by atoms with E-state index >= 15 is 0 Å². The average Bonchev–Trinajstić information content (AvgIpc) is 3.47. The molecule has 0 saturated carbocycles. The van der Waals surface area contributed by atoms with E-state index in [1.807, 2.05) is 19.9 Å². The summed E-state index contributed by atoms with van der Waals surface area (Å²) in [7, 11) is -3.64. The van der Waals surface area contributed by atoms with Gasteiger partial charge < -0.3 is 19.3 Å². The molecule has 3 aliphatic heterocycles. The normalized spacial score (nSPS) is 21.4. The summed E-state index contributed by atoms with van der Waals surface area (Å²) in [6.45, 7) is 8.45. The molecule has 0 aromatic heterocycles. The molecule has 1 aromatic rings. The fourth-order valence-electron chi connectivity index (χ4n) is 4.80. The first-order valence-electron chi connectivity index (χ1n) is 11.4. The molecule has 0 bridgehead atoms. The van der Waals surface area contributed by atoms with Gasteiger partial charge in [0.1, 0.15) is 0 Å². The molecular weight excluding hydrogens is 418 g/mol. The molecule has 9 heteroatoms. The van der Waals surface area contributed by atoms with E-state index in [9.17, 15) is 13.2 Å². The van der Waals surface area contributed by atoms with Gasteiger partial charge in [-0.15, -0.1) is 0 Å². The Morgan fingerprint density at radius 1 is 1.03 bits per heavy atom. The maximum atomic E-state index is 13.6. The molecule has 0 aliphatic carbocycles. The van der Waals surface area contributed by atoms with Crippen molar-refractivity contribution in [2.45, 2.75) is 50.2 Å². The van der Waals surface area contributed by atoms with E-state index in [0.29, 0.717) is 57.8 Å². The van der Waals surface area contributed by atoms with Gasteiger partial charge in [-0.25, -0.2) is 8.42 Å². The summed E-state index contributed by atoms with van der Waals surface area (Å²) in [5.74, 6) is -0.672. The lowest BCUT2D eigenvalue weighted by atomic mass is 10.0. The highest BCUT2D eigenvalue weighted by Crippen LogP contribution is 2.34. The van der Waals surface area contributed by atoms with Crippen LogP contribution in [0.25, 0.3) is 0 Å². The van der Waals surface area contributed by atoms with Crippen molar-refractivity contribution >= 4 is 21.6 Å². The van der Waals surface area contributed by atoms with Crippen molar-refractivity contribution in [3.05, 3.63) is 23.8 Å². The smallest absolute Gasteiger partial charge is 0.256 e. The van der Waals surface area contributed by atoms with Gasteiger partial charge in [0.05, 0.1) is 23.7 Å². The van der Waals surface area contributed by atoms with Gasteiger partial charge in [0.25, 0.3) is 5.91 Å². The number of nitrogens with zero attached hydrogens (tertiary/aromatic N) is 3. The number of sulfonamides is 1. The average molecular weight is 452 g/mol. The van der Waals surface area contributed by atoms with Gasteiger partial charge in [-0.05, 0) is 31.0 Å². The third-order valence-electron chi connectivity index (χ3n) is 6.61. The monoisotopic (exact) mass is 451 g/mol. The van der Waals surface area contributed by atoms with Crippen molar-refractivity contribution in [2.75, 3.05) is 57.4 Å². The zero-order chi connectivity index (χ0) is 22.1. The van der Waals surface area contributed by atoms with Gasteiger partial charge in [0.15, 0.2) is 5.79 Å². The van der Waals surface area contributed by atoms with E-state index in [0.717, 1.165) is 31.6 Å². The number of rotatable bonds is 6. The third kappa shape index (κ3) is 4.33. The van der Waals surface area contributed by atoms with Crippen molar-refractivity contribution in [1.29, 1.82) is 0 Å². The minimum Gasteiger partial charge on any atom is -0.371 e. The second-order valence-corrected chi connectivity index (χ2v) is 10.3. The third-order valence-corrected chi connectivity index (χ3v) is 8.66. The van der Waals surface area contributed by atoms with Gasteiger partial charge in [0, 0.05) is 57.8 Å². The van der Waals surface area contributed by atoms with Gasteiger partial charge in [-0.3, -0.25) is 4.79 Å². The first kappa shape index (κ1) is 22.5. The van der Waals surface area contributed by atoms with Crippen LogP contribution in [0.5, 0.6) is 0 Å². The van der Waals surface area contributed by atoms with Crippen LogP contribution in [0.2, 0.25) is 0 Å². The van der Waals surface area contributed by atoms with E-state index in [-0.39, 0.29) is 10.8 Å². The van der Waals surface area contributed by atoms with Crippen molar-refractivity contribution in [2.24, 2.45) is 0 Å².